The first-order valence-electron chi connectivity index (χ1n) is 7.23. The molecule has 144 valence electrons. The van der Waals surface area contributed by atoms with E-state index in [1.807, 2.05) is 0 Å². The Balaban J connectivity index is 3.15. The third kappa shape index (κ3) is 4.99. The van der Waals surface area contributed by atoms with Crippen LogP contribution in [0.25, 0.3) is 0 Å². The van der Waals surface area contributed by atoms with Gasteiger partial charge in [-0.1, -0.05) is 12.1 Å². The Bertz CT molecular complexity index is 566. The van der Waals surface area contributed by atoms with Crippen LogP contribution in [0.3, 0.4) is 0 Å². The molecule has 0 aromatic heterocycles. The van der Waals surface area contributed by atoms with Gasteiger partial charge in [-0.2, -0.15) is 26.3 Å². The lowest BCUT2D eigenvalue weighted by Crippen LogP contribution is -2.56. The lowest BCUT2D eigenvalue weighted by molar-refractivity contribution is -0.352. The fourth-order valence-corrected chi connectivity index (χ4v) is 2.17. The van der Waals surface area contributed by atoms with Gasteiger partial charge in [0.25, 0.3) is 0 Å². The van der Waals surface area contributed by atoms with E-state index in [0.29, 0.717) is 12.7 Å². The summed E-state index contributed by atoms with van der Waals surface area (Å²) in [6, 6.07) is 4.73. The maximum Gasteiger partial charge on any atom is 0.431 e. The summed E-state index contributed by atoms with van der Waals surface area (Å²) in [6.45, 7) is 5.90. The van der Waals surface area contributed by atoms with Crippen molar-refractivity contribution in [2.24, 2.45) is 0 Å². The molecule has 0 spiro atoms. The average Bonchev–Trinajstić information content (AvgIpc) is 2.34. The number of aliphatic hydroxyl groups is 1. The van der Waals surface area contributed by atoms with Crippen molar-refractivity contribution < 1.29 is 40.6 Å². The molecule has 0 aliphatic carbocycles. The summed E-state index contributed by atoms with van der Waals surface area (Å²) < 4.78 is 95.3. The first kappa shape index (κ1) is 21.5. The third-order valence-corrected chi connectivity index (χ3v) is 3.39. The van der Waals surface area contributed by atoms with Gasteiger partial charge in [0.2, 0.25) is 0 Å². The molecule has 2 nitrogen and oxygen atoms in total. The second-order valence-corrected chi connectivity index (χ2v) is 6.99. The van der Waals surface area contributed by atoms with E-state index in [4.69, 9.17) is 4.74 Å². The predicted molar refractivity (Wildman–Crippen MR) is 77.0 cm³/mol. The van der Waals surface area contributed by atoms with Gasteiger partial charge in [-0.3, -0.25) is 0 Å². The zero-order valence-electron chi connectivity index (χ0n) is 14.0. The molecule has 0 amide bonds. The molecule has 0 saturated heterocycles. The zero-order chi connectivity index (χ0) is 19.9. The van der Waals surface area contributed by atoms with Crippen LogP contribution in [-0.4, -0.2) is 28.7 Å². The molecule has 1 aromatic rings. The van der Waals surface area contributed by atoms with Crippen molar-refractivity contribution in [3.8, 4) is 5.75 Å². The maximum atomic E-state index is 13.9. The summed E-state index contributed by atoms with van der Waals surface area (Å²) in [5.74, 6) is 0.296. The SMILES string of the molecule is CC(C)(C)Oc1ccc(C(C)(O)CC(F)(C(F)(F)F)C(F)(F)F)cc1. The van der Waals surface area contributed by atoms with Crippen LogP contribution in [0.2, 0.25) is 0 Å². The van der Waals surface area contributed by atoms with Gasteiger partial charge >= 0.3 is 18.0 Å². The molecule has 1 unspecified atom stereocenters. The molecule has 0 radical (unpaired) electrons. The summed E-state index contributed by atoms with van der Waals surface area (Å²) in [5, 5.41) is 10.1. The number of ether oxygens (including phenoxy) is 1. The fraction of sp³-hybridized carbons (Fsp3) is 0.625. The minimum absolute atomic E-state index is 0.296. The van der Waals surface area contributed by atoms with E-state index in [1.54, 1.807) is 20.8 Å². The predicted octanol–water partition coefficient (Wildman–Crippen LogP) is 5.29. The number of halogens is 7. The normalized spacial score (nSPS) is 16.5. The van der Waals surface area contributed by atoms with Crippen LogP contribution in [-0.2, 0) is 5.60 Å². The number of alkyl halides is 7. The van der Waals surface area contributed by atoms with Gasteiger partial charge in [0.15, 0.2) is 0 Å². The lowest BCUT2D eigenvalue weighted by atomic mass is 9.83. The van der Waals surface area contributed by atoms with Crippen molar-refractivity contribution in [1.29, 1.82) is 0 Å². The van der Waals surface area contributed by atoms with Crippen LogP contribution in [0, 0.1) is 0 Å². The van der Waals surface area contributed by atoms with E-state index < -0.39 is 35.6 Å². The van der Waals surface area contributed by atoms with Crippen molar-refractivity contribution in [3.05, 3.63) is 29.8 Å². The Hall–Kier alpha value is -1.51. The van der Waals surface area contributed by atoms with E-state index in [1.165, 1.54) is 12.1 Å². The largest absolute Gasteiger partial charge is 0.488 e. The molecule has 0 bridgehead atoms. The number of hydrogen-bond donors (Lipinski definition) is 1. The summed E-state index contributed by atoms with van der Waals surface area (Å²) >= 11 is 0. The molecule has 1 rings (SSSR count). The zero-order valence-corrected chi connectivity index (χ0v) is 14.0. The van der Waals surface area contributed by atoms with Crippen LogP contribution in [0.1, 0.15) is 39.7 Å². The fourth-order valence-electron chi connectivity index (χ4n) is 2.17. The Morgan fingerprint density at radius 2 is 1.20 bits per heavy atom. The van der Waals surface area contributed by atoms with Crippen LogP contribution < -0.4 is 4.74 Å². The quantitative estimate of drug-likeness (QED) is 0.723. The van der Waals surface area contributed by atoms with Crippen molar-refractivity contribution in [1.82, 2.24) is 0 Å². The molecule has 0 saturated carbocycles. The molecular weight excluding hydrogens is 357 g/mol. The van der Waals surface area contributed by atoms with Gasteiger partial charge in [0.1, 0.15) is 11.4 Å². The molecule has 1 N–H and O–H groups in total. The van der Waals surface area contributed by atoms with E-state index >= 15 is 0 Å². The van der Waals surface area contributed by atoms with Gasteiger partial charge in [0.05, 0.1) is 5.60 Å². The van der Waals surface area contributed by atoms with Gasteiger partial charge in [-0.15, -0.1) is 0 Å². The molecule has 9 heteroatoms. The van der Waals surface area contributed by atoms with Gasteiger partial charge < -0.3 is 9.84 Å². The van der Waals surface area contributed by atoms with E-state index in [0.717, 1.165) is 12.1 Å². The Labute approximate surface area is 140 Å². The maximum absolute atomic E-state index is 13.9. The van der Waals surface area contributed by atoms with E-state index in [-0.39, 0.29) is 5.56 Å². The molecule has 1 atom stereocenters. The molecular formula is C16H19F7O2. The molecule has 0 heterocycles. The van der Waals surface area contributed by atoms with Crippen LogP contribution in [0.5, 0.6) is 5.75 Å². The first-order valence-corrected chi connectivity index (χ1v) is 7.23. The van der Waals surface area contributed by atoms with Crippen molar-refractivity contribution >= 4 is 0 Å². The third-order valence-electron chi connectivity index (χ3n) is 3.39. The molecule has 0 aliphatic rings. The average molecular weight is 376 g/mol. The highest BCUT2D eigenvalue weighted by Gasteiger charge is 2.73. The minimum atomic E-state index is -6.22. The number of benzene rings is 1. The molecule has 1 aromatic carbocycles. The van der Waals surface area contributed by atoms with Crippen LogP contribution >= 0.6 is 0 Å². The highest BCUT2D eigenvalue weighted by Crippen LogP contribution is 2.51. The smallest absolute Gasteiger partial charge is 0.431 e. The highest BCUT2D eigenvalue weighted by molar-refractivity contribution is 5.31. The first-order chi connectivity index (χ1) is 10.9. The summed E-state index contributed by atoms with van der Waals surface area (Å²) in [6.07, 6.45) is -14.7. The van der Waals surface area contributed by atoms with Crippen molar-refractivity contribution in [3.63, 3.8) is 0 Å². The molecule has 0 fully saturated rings. The standard InChI is InChI=1S/C16H19F7O2/c1-12(2,3)25-11-7-5-10(6-8-11)13(4,24)9-14(17,15(18,19)20)16(21,22)23/h5-8,24H,9H2,1-4H3. The Morgan fingerprint density at radius 3 is 1.52 bits per heavy atom. The summed E-state index contributed by atoms with van der Waals surface area (Å²) in [7, 11) is 0. The monoisotopic (exact) mass is 376 g/mol. The Morgan fingerprint density at radius 1 is 0.800 bits per heavy atom. The number of rotatable bonds is 4. The van der Waals surface area contributed by atoms with E-state index in [9.17, 15) is 35.8 Å². The van der Waals surface area contributed by atoms with Gasteiger partial charge in [-0.05, 0) is 45.4 Å². The van der Waals surface area contributed by atoms with Crippen LogP contribution in [0.15, 0.2) is 24.3 Å². The second-order valence-electron chi connectivity index (χ2n) is 6.99. The molecule has 0 aliphatic heterocycles. The number of hydrogen-bond acceptors (Lipinski definition) is 2. The minimum Gasteiger partial charge on any atom is -0.488 e. The van der Waals surface area contributed by atoms with Gasteiger partial charge in [-0.25, -0.2) is 4.39 Å². The second kappa shape index (κ2) is 6.34. The van der Waals surface area contributed by atoms with Crippen molar-refractivity contribution in [2.75, 3.05) is 0 Å². The van der Waals surface area contributed by atoms with E-state index in [2.05, 4.69) is 0 Å². The van der Waals surface area contributed by atoms with Crippen LogP contribution in [0.4, 0.5) is 30.7 Å². The summed E-state index contributed by atoms with van der Waals surface area (Å²) in [5.41, 5.74) is -9.13. The molecule has 25 heavy (non-hydrogen) atoms. The topological polar surface area (TPSA) is 29.5 Å². The Kier molecular flexibility index (Phi) is 5.46. The van der Waals surface area contributed by atoms with Gasteiger partial charge in [0, 0.05) is 6.42 Å². The summed E-state index contributed by atoms with van der Waals surface area (Å²) in [4.78, 5) is 0. The lowest BCUT2D eigenvalue weighted by Gasteiger charge is -2.36. The van der Waals surface area contributed by atoms with Crippen molar-refractivity contribution in [2.45, 2.75) is 63.3 Å². The highest BCUT2D eigenvalue weighted by atomic mass is 19.4.